The Balaban J connectivity index is 1.55. The minimum atomic E-state index is 0.152. The van der Waals surface area contributed by atoms with Crippen LogP contribution in [0.5, 0.6) is 0 Å². The van der Waals surface area contributed by atoms with E-state index in [0.717, 1.165) is 75.5 Å². The number of carbonyl (C=O) groups is 1. The lowest BCUT2D eigenvalue weighted by atomic mass is 9.95. The third-order valence-corrected chi connectivity index (χ3v) is 6.16. The summed E-state index contributed by atoms with van der Waals surface area (Å²) in [7, 11) is 0. The fraction of sp³-hybridized carbons (Fsp3) is 0.522. The van der Waals surface area contributed by atoms with Crippen molar-refractivity contribution in [3.05, 3.63) is 41.6 Å². The molecule has 0 radical (unpaired) electrons. The van der Waals surface area contributed by atoms with Gasteiger partial charge in [-0.3, -0.25) is 4.79 Å². The van der Waals surface area contributed by atoms with E-state index < -0.39 is 0 Å². The first-order chi connectivity index (χ1) is 13.7. The Labute approximate surface area is 167 Å². The molecule has 0 bridgehead atoms. The molecule has 1 aliphatic heterocycles. The van der Waals surface area contributed by atoms with Gasteiger partial charge in [-0.15, -0.1) is 0 Å². The maximum absolute atomic E-state index is 12.7. The van der Waals surface area contributed by atoms with E-state index in [1.165, 1.54) is 11.3 Å². The van der Waals surface area contributed by atoms with Crippen LogP contribution >= 0.6 is 0 Å². The van der Waals surface area contributed by atoms with Gasteiger partial charge in [-0.1, -0.05) is 30.3 Å². The molecule has 0 saturated carbocycles. The lowest BCUT2D eigenvalue weighted by molar-refractivity contribution is -0.135. The van der Waals surface area contributed by atoms with Gasteiger partial charge in [-0.2, -0.15) is 0 Å². The fourth-order valence-electron chi connectivity index (χ4n) is 4.52. The van der Waals surface area contributed by atoms with Crippen molar-refractivity contribution in [3.8, 4) is 11.4 Å². The number of rotatable bonds is 5. The molecule has 2 aromatic rings. The zero-order chi connectivity index (χ0) is 19.5. The van der Waals surface area contributed by atoms with Gasteiger partial charge in [0, 0.05) is 48.9 Å². The topological polar surface area (TPSA) is 49.3 Å². The summed E-state index contributed by atoms with van der Waals surface area (Å²) < 4.78 is 0. The molecule has 1 amide bonds. The minimum absolute atomic E-state index is 0.152. The molecule has 5 heteroatoms. The molecule has 4 rings (SSSR count). The standard InChI is InChI=1S/C23H30N4O/c1-3-26(4-2)23(28)18-13-15-27(16-14-18)22-19-11-8-12-20(19)24-21(25-22)17-9-6-5-7-10-17/h5-7,9-10,18H,3-4,8,11-16H2,1-2H3. The van der Waals surface area contributed by atoms with Crippen molar-refractivity contribution in [2.45, 2.75) is 46.0 Å². The molecule has 1 saturated heterocycles. The molecular formula is C23H30N4O. The van der Waals surface area contributed by atoms with Crippen LogP contribution in [0.1, 0.15) is 44.4 Å². The normalized spacial score (nSPS) is 16.9. The molecule has 2 aliphatic rings. The molecule has 5 nitrogen and oxygen atoms in total. The second kappa shape index (κ2) is 8.29. The largest absolute Gasteiger partial charge is 0.356 e. The molecule has 0 spiro atoms. The number of hydrogen-bond acceptors (Lipinski definition) is 4. The summed E-state index contributed by atoms with van der Waals surface area (Å²) in [5.74, 6) is 2.41. The molecule has 1 fully saturated rings. The van der Waals surface area contributed by atoms with Crippen molar-refractivity contribution in [2.75, 3.05) is 31.1 Å². The van der Waals surface area contributed by atoms with E-state index in [1.54, 1.807) is 0 Å². The number of carbonyl (C=O) groups excluding carboxylic acids is 1. The molecular weight excluding hydrogens is 348 g/mol. The van der Waals surface area contributed by atoms with Crippen LogP contribution in [0.15, 0.2) is 30.3 Å². The molecule has 0 N–H and O–H groups in total. The van der Waals surface area contributed by atoms with Gasteiger partial charge in [-0.25, -0.2) is 9.97 Å². The predicted molar refractivity (Wildman–Crippen MR) is 112 cm³/mol. The van der Waals surface area contributed by atoms with Gasteiger partial charge in [0.2, 0.25) is 5.91 Å². The molecule has 0 atom stereocenters. The first-order valence-corrected chi connectivity index (χ1v) is 10.7. The Bertz CT molecular complexity index is 824. The first-order valence-electron chi connectivity index (χ1n) is 10.7. The van der Waals surface area contributed by atoms with Gasteiger partial charge in [0.15, 0.2) is 5.82 Å². The molecule has 1 aromatic heterocycles. The number of anilines is 1. The monoisotopic (exact) mass is 378 g/mol. The van der Waals surface area contributed by atoms with Crippen molar-refractivity contribution in [1.82, 2.24) is 14.9 Å². The van der Waals surface area contributed by atoms with Gasteiger partial charge in [-0.05, 0) is 46.0 Å². The number of aryl methyl sites for hydroxylation is 1. The van der Waals surface area contributed by atoms with E-state index in [1.807, 2.05) is 23.1 Å². The number of piperidine rings is 1. The number of fused-ring (bicyclic) bond motifs is 1. The van der Waals surface area contributed by atoms with E-state index in [2.05, 4.69) is 30.9 Å². The van der Waals surface area contributed by atoms with E-state index >= 15 is 0 Å². The lowest BCUT2D eigenvalue weighted by Crippen LogP contribution is -2.43. The Morgan fingerprint density at radius 3 is 2.46 bits per heavy atom. The second-order valence-corrected chi connectivity index (χ2v) is 7.79. The predicted octanol–water partition coefficient (Wildman–Crippen LogP) is 3.72. The van der Waals surface area contributed by atoms with Crippen LogP contribution < -0.4 is 4.90 Å². The third-order valence-electron chi connectivity index (χ3n) is 6.16. The Morgan fingerprint density at radius 2 is 1.79 bits per heavy atom. The minimum Gasteiger partial charge on any atom is -0.356 e. The van der Waals surface area contributed by atoms with Crippen molar-refractivity contribution < 1.29 is 4.79 Å². The highest BCUT2D eigenvalue weighted by Crippen LogP contribution is 2.33. The highest BCUT2D eigenvalue weighted by Gasteiger charge is 2.30. The number of benzene rings is 1. The van der Waals surface area contributed by atoms with Crippen molar-refractivity contribution in [1.29, 1.82) is 0 Å². The molecule has 1 aromatic carbocycles. The zero-order valence-electron chi connectivity index (χ0n) is 17.0. The van der Waals surface area contributed by atoms with Gasteiger partial charge in [0.25, 0.3) is 0 Å². The van der Waals surface area contributed by atoms with Crippen molar-refractivity contribution in [2.24, 2.45) is 5.92 Å². The lowest BCUT2D eigenvalue weighted by Gasteiger charge is -2.35. The molecule has 0 unspecified atom stereocenters. The number of amides is 1. The van der Waals surface area contributed by atoms with E-state index in [4.69, 9.17) is 9.97 Å². The Morgan fingerprint density at radius 1 is 1.07 bits per heavy atom. The quantitative estimate of drug-likeness (QED) is 0.796. The molecule has 1 aliphatic carbocycles. The second-order valence-electron chi connectivity index (χ2n) is 7.79. The summed E-state index contributed by atoms with van der Waals surface area (Å²) in [6.45, 7) is 7.52. The van der Waals surface area contributed by atoms with Crippen LogP contribution in [0, 0.1) is 5.92 Å². The molecule has 2 heterocycles. The van der Waals surface area contributed by atoms with Gasteiger partial charge < -0.3 is 9.80 Å². The Hall–Kier alpha value is -2.43. The summed E-state index contributed by atoms with van der Waals surface area (Å²) in [6, 6.07) is 10.3. The summed E-state index contributed by atoms with van der Waals surface area (Å²) in [5.41, 5.74) is 3.61. The third kappa shape index (κ3) is 3.62. The van der Waals surface area contributed by atoms with E-state index in [9.17, 15) is 4.79 Å². The molecule has 148 valence electrons. The number of nitrogens with zero attached hydrogens (tertiary/aromatic N) is 4. The van der Waals surface area contributed by atoms with E-state index in [0.29, 0.717) is 5.91 Å². The van der Waals surface area contributed by atoms with Crippen molar-refractivity contribution >= 4 is 11.7 Å². The SMILES string of the molecule is CCN(CC)C(=O)C1CCN(c2nc(-c3ccccc3)nc3c2CCC3)CC1. The van der Waals surface area contributed by atoms with Crippen LogP contribution in [0.25, 0.3) is 11.4 Å². The van der Waals surface area contributed by atoms with Crippen molar-refractivity contribution in [3.63, 3.8) is 0 Å². The molecule has 28 heavy (non-hydrogen) atoms. The first kappa shape index (κ1) is 18.9. The van der Waals surface area contributed by atoms with Gasteiger partial charge >= 0.3 is 0 Å². The smallest absolute Gasteiger partial charge is 0.225 e. The highest BCUT2D eigenvalue weighted by molar-refractivity contribution is 5.79. The van der Waals surface area contributed by atoms with Crippen LogP contribution in [-0.4, -0.2) is 47.0 Å². The summed E-state index contributed by atoms with van der Waals surface area (Å²) in [5, 5.41) is 0. The maximum Gasteiger partial charge on any atom is 0.225 e. The maximum atomic E-state index is 12.7. The van der Waals surface area contributed by atoms with Crippen LogP contribution in [0.4, 0.5) is 5.82 Å². The summed E-state index contributed by atoms with van der Waals surface area (Å²) in [6.07, 6.45) is 5.09. The zero-order valence-corrected chi connectivity index (χ0v) is 17.0. The van der Waals surface area contributed by atoms with Crippen LogP contribution in [0.3, 0.4) is 0 Å². The summed E-state index contributed by atoms with van der Waals surface area (Å²) >= 11 is 0. The average molecular weight is 379 g/mol. The number of aromatic nitrogens is 2. The Kier molecular flexibility index (Phi) is 5.60. The van der Waals surface area contributed by atoms with Gasteiger partial charge in [0.1, 0.15) is 5.82 Å². The highest BCUT2D eigenvalue weighted by atomic mass is 16.2. The number of hydrogen-bond donors (Lipinski definition) is 0. The van der Waals surface area contributed by atoms with E-state index in [-0.39, 0.29) is 5.92 Å². The fourth-order valence-corrected chi connectivity index (χ4v) is 4.52. The van der Waals surface area contributed by atoms with Crippen LogP contribution in [-0.2, 0) is 17.6 Å². The van der Waals surface area contributed by atoms with Crippen LogP contribution in [0.2, 0.25) is 0 Å². The summed E-state index contributed by atoms with van der Waals surface area (Å²) in [4.78, 5) is 26.9. The van der Waals surface area contributed by atoms with Gasteiger partial charge in [0.05, 0.1) is 0 Å². The average Bonchev–Trinajstić information content (AvgIpc) is 3.23.